The first-order chi connectivity index (χ1) is 10.6. The van der Waals surface area contributed by atoms with Gasteiger partial charge in [-0.05, 0) is 48.9 Å². The molecule has 114 valence electrons. The first kappa shape index (κ1) is 15.3. The van der Waals surface area contributed by atoms with Gasteiger partial charge in [0.25, 0.3) is 5.91 Å². The van der Waals surface area contributed by atoms with Crippen molar-refractivity contribution in [1.29, 1.82) is 0 Å². The van der Waals surface area contributed by atoms with Gasteiger partial charge in [-0.1, -0.05) is 52.3 Å². The van der Waals surface area contributed by atoms with Crippen LogP contribution < -0.4 is 0 Å². The second kappa shape index (κ2) is 6.66. The summed E-state index contributed by atoms with van der Waals surface area (Å²) in [6.45, 7) is 3.57. The summed E-state index contributed by atoms with van der Waals surface area (Å²) in [5.74, 6) is 0.804. The Kier molecular flexibility index (Phi) is 4.63. The summed E-state index contributed by atoms with van der Waals surface area (Å²) in [5.41, 5.74) is 3.09. The molecule has 0 N–H and O–H groups in total. The minimum Gasteiger partial charge on any atom is -0.334 e. The Bertz CT molecular complexity index is 664. The van der Waals surface area contributed by atoms with Crippen molar-refractivity contribution in [2.24, 2.45) is 5.92 Å². The predicted molar refractivity (Wildman–Crippen MR) is 92.8 cm³/mol. The van der Waals surface area contributed by atoms with Gasteiger partial charge in [-0.25, -0.2) is 0 Å². The SMILES string of the molecule is Cc1ccc(C(=O)N(Cc2ccccc2)CC2CC2)cc1Br. The fourth-order valence-electron chi connectivity index (χ4n) is 2.54. The van der Waals surface area contributed by atoms with Crippen LogP contribution in [0.1, 0.15) is 34.3 Å². The average molecular weight is 358 g/mol. The monoisotopic (exact) mass is 357 g/mol. The fraction of sp³-hybridized carbons (Fsp3) is 0.316. The van der Waals surface area contributed by atoms with E-state index in [-0.39, 0.29) is 5.91 Å². The van der Waals surface area contributed by atoms with Crippen molar-refractivity contribution in [1.82, 2.24) is 4.90 Å². The topological polar surface area (TPSA) is 20.3 Å². The van der Waals surface area contributed by atoms with Crippen molar-refractivity contribution in [2.75, 3.05) is 6.54 Å². The third kappa shape index (κ3) is 3.77. The highest BCUT2D eigenvalue weighted by atomic mass is 79.9. The lowest BCUT2D eigenvalue weighted by atomic mass is 10.1. The van der Waals surface area contributed by atoms with Crippen LogP contribution in [0.4, 0.5) is 0 Å². The largest absolute Gasteiger partial charge is 0.334 e. The van der Waals surface area contributed by atoms with E-state index in [9.17, 15) is 4.79 Å². The van der Waals surface area contributed by atoms with Gasteiger partial charge in [0.15, 0.2) is 0 Å². The van der Waals surface area contributed by atoms with Crippen molar-refractivity contribution in [3.8, 4) is 0 Å². The zero-order valence-electron chi connectivity index (χ0n) is 12.8. The third-order valence-corrected chi connectivity index (χ3v) is 4.95. The molecule has 0 unspecified atom stereocenters. The van der Waals surface area contributed by atoms with E-state index in [2.05, 4.69) is 28.1 Å². The number of benzene rings is 2. The number of hydrogen-bond donors (Lipinski definition) is 0. The van der Waals surface area contributed by atoms with Gasteiger partial charge in [-0.2, -0.15) is 0 Å². The van der Waals surface area contributed by atoms with Crippen LogP contribution in [-0.4, -0.2) is 17.4 Å². The maximum atomic E-state index is 12.9. The van der Waals surface area contributed by atoms with Crippen molar-refractivity contribution in [3.05, 3.63) is 69.7 Å². The molecule has 2 aromatic rings. The van der Waals surface area contributed by atoms with E-state index in [1.54, 1.807) is 0 Å². The quantitative estimate of drug-likeness (QED) is 0.751. The van der Waals surface area contributed by atoms with Crippen LogP contribution in [0.25, 0.3) is 0 Å². The molecule has 2 aromatic carbocycles. The van der Waals surface area contributed by atoms with Gasteiger partial charge in [-0.3, -0.25) is 4.79 Å². The van der Waals surface area contributed by atoms with E-state index in [1.165, 1.54) is 18.4 Å². The number of hydrogen-bond acceptors (Lipinski definition) is 1. The number of rotatable bonds is 5. The summed E-state index contributed by atoms with van der Waals surface area (Å²) in [6, 6.07) is 16.1. The average Bonchev–Trinajstić information content (AvgIpc) is 3.34. The first-order valence-corrected chi connectivity index (χ1v) is 8.52. The molecule has 22 heavy (non-hydrogen) atoms. The van der Waals surface area contributed by atoms with E-state index in [4.69, 9.17) is 0 Å². The molecule has 0 atom stereocenters. The van der Waals surface area contributed by atoms with E-state index in [1.807, 2.05) is 48.2 Å². The lowest BCUT2D eigenvalue weighted by Gasteiger charge is -2.23. The molecular weight excluding hydrogens is 338 g/mol. The predicted octanol–water partition coefficient (Wildman–Crippen LogP) is 4.81. The molecule has 1 aliphatic carbocycles. The Labute approximate surface area is 140 Å². The maximum absolute atomic E-state index is 12.9. The molecule has 0 aliphatic heterocycles. The van der Waals surface area contributed by atoms with Gasteiger partial charge in [0.05, 0.1) is 0 Å². The molecule has 2 nitrogen and oxygen atoms in total. The zero-order chi connectivity index (χ0) is 15.5. The Morgan fingerprint density at radius 2 is 1.91 bits per heavy atom. The number of aryl methyl sites for hydroxylation is 1. The molecule has 0 radical (unpaired) electrons. The Morgan fingerprint density at radius 1 is 1.18 bits per heavy atom. The molecule has 3 heteroatoms. The molecule has 0 heterocycles. The number of halogens is 1. The van der Waals surface area contributed by atoms with Crippen LogP contribution in [-0.2, 0) is 6.54 Å². The van der Waals surface area contributed by atoms with Gasteiger partial charge >= 0.3 is 0 Å². The minimum absolute atomic E-state index is 0.122. The summed E-state index contributed by atoms with van der Waals surface area (Å²) in [6.07, 6.45) is 2.49. The lowest BCUT2D eigenvalue weighted by molar-refractivity contribution is 0.0735. The summed E-state index contributed by atoms with van der Waals surface area (Å²) in [4.78, 5) is 14.9. The molecule has 0 saturated heterocycles. The van der Waals surface area contributed by atoms with Crippen LogP contribution in [0.3, 0.4) is 0 Å². The second-order valence-corrected chi connectivity index (χ2v) is 6.93. The molecule has 0 bridgehead atoms. The molecule has 0 aromatic heterocycles. The number of nitrogens with zero attached hydrogens (tertiary/aromatic N) is 1. The molecule has 1 aliphatic rings. The van der Waals surface area contributed by atoms with Crippen LogP contribution >= 0.6 is 15.9 Å². The van der Waals surface area contributed by atoms with E-state index < -0.39 is 0 Å². The molecule has 1 fully saturated rings. The number of carbonyl (C=O) groups is 1. The maximum Gasteiger partial charge on any atom is 0.254 e. The standard InChI is InChI=1S/C19H20BrNO/c1-14-7-10-17(11-18(14)20)19(22)21(13-16-8-9-16)12-15-5-3-2-4-6-15/h2-7,10-11,16H,8-9,12-13H2,1H3. The lowest BCUT2D eigenvalue weighted by Crippen LogP contribution is -2.32. The normalized spacial score (nSPS) is 13.9. The van der Waals surface area contributed by atoms with Crippen molar-refractivity contribution < 1.29 is 4.79 Å². The van der Waals surface area contributed by atoms with E-state index >= 15 is 0 Å². The van der Waals surface area contributed by atoms with E-state index in [0.717, 1.165) is 22.1 Å². The smallest absolute Gasteiger partial charge is 0.254 e. The van der Waals surface area contributed by atoms with Gasteiger partial charge in [0.2, 0.25) is 0 Å². The first-order valence-electron chi connectivity index (χ1n) is 7.73. The summed E-state index contributed by atoms with van der Waals surface area (Å²) >= 11 is 3.52. The van der Waals surface area contributed by atoms with E-state index in [0.29, 0.717) is 12.5 Å². The minimum atomic E-state index is 0.122. The van der Waals surface area contributed by atoms with Crippen LogP contribution in [0.15, 0.2) is 53.0 Å². The van der Waals surface area contributed by atoms with Crippen molar-refractivity contribution in [3.63, 3.8) is 0 Å². The summed E-state index contributed by atoms with van der Waals surface area (Å²) in [5, 5.41) is 0. The highest BCUT2D eigenvalue weighted by Gasteiger charge is 2.27. The van der Waals surface area contributed by atoms with Gasteiger partial charge in [0.1, 0.15) is 0 Å². The Hall–Kier alpha value is -1.61. The zero-order valence-corrected chi connectivity index (χ0v) is 14.3. The van der Waals surface area contributed by atoms with Gasteiger partial charge in [-0.15, -0.1) is 0 Å². The molecular formula is C19H20BrNO. The summed E-state index contributed by atoms with van der Waals surface area (Å²) in [7, 11) is 0. The Balaban J connectivity index is 1.81. The molecule has 1 saturated carbocycles. The fourth-order valence-corrected chi connectivity index (χ4v) is 2.92. The van der Waals surface area contributed by atoms with Crippen LogP contribution in [0.5, 0.6) is 0 Å². The van der Waals surface area contributed by atoms with Crippen LogP contribution in [0.2, 0.25) is 0 Å². The Morgan fingerprint density at radius 3 is 2.55 bits per heavy atom. The number of amides is 1. The van der Waals surface area contributed by atoms with Crippen molar-refractivity contribution >= 4 is 21.8 Å². The van der Waals surface area contributed by atoms with Crippen molar-refractivity contribution in [2.45, 2.75) is 26.3 Å². The van der Waals surface area contributed by atoms with Gasteiger partial charge in [0, 0.05) is 23.1 Å². The third-order valence-electron chi connectivity index (χ3n) is 4.10. The highest BCUT2D eigenvalue weighted by molar-refractivity contribution is 9.10. The molecule has 3 rings (SSSR count). The molecule has 0 spiro atoms. The van der Waals surface area contributed by atoms with Crippen LogP contribution in [0, 0.1) is 12.8 Å². The summed E-state index contributed by atoms with van der Waals surface area (Å²) < 4.78 is 0.990. The second-order valence-electron chi connectivity index (χ2n) is 6.08. The highest BCUT2D eigenvalue weighted by Crippen LogP contribution is 2.31. The van der Waals surface area contributed by atoms with Gasteiger partial charge < -0.3 is 4.90 Å². The molecule has 1 amide bonds. The number of carbonyl (C=O) groups excluding carboxylic acids is 1.